The van der Waals surface area contributed by atoms with E-state index in [1.54, 1.807) is 33.8 Å². The molecule has 2 rings (SSSR count). The zero-order valence-electron chi connectivity index (χ0n) is 21.6. The Morgan fingerprint density at radius 3 is 2.57 bits per heavy atom. The highest BCUT2D eigenvalue weighted by Gasteiger charge is 2.41. The average molecular weight is 585 g/mol. The van der Waals surface area contributed by atoms with Gasteiger partial charge in [-0.1, -0.05) is 36.7 Å². The number of hydrogen-bond acceptors (Lipinski definition) is 10. The number of aromatic nitrogens is 1. The molecule has 0 saturated carbocycles. The summed E-state index contributed by atoms with van der Waals surface area (Å²) in [5.41, 5.74) is 0.277. The lowest BCUT2D eigenvalue weighted by atomic mass is 9.95. The standard InChI is InChI=1S/C25H33BrN2O9/c1-6-16-21(37-23(31)13(2)3)15(5)35-25(33)17(12-34-24(16)32)28-22(30)19-20(14(4)9-11-27-19)36-18(29)8-7-10-26/h9,11,13,15-17,21H,6-8,10,12H2,1-5H3,(H,28,30). The zero-order chi connectivity index (χ0) is 27.7. The monoisotopic (exact) mass is 584 g/mol. The van der Waals surface area contributed by atoms with Crippen molar-refractivity contribution in [2.45, 2.75) is 72.1 Å². The van der Waals surface area contributed by atoms with Crippen LogP contribution in [0.2, 0.25) is 0 Å². The molecule has 0 aliphatic carbocycles. The van der Waals surface area contributed by atoms with Crippen LogP contribution in [0.5, 0.6) is 5.75 Å². The number of pyridine rings is 1. The maximum Gasteiger partial charge on any atom is 0.332 e. The second-order valence-corrected chi connectivity index (χ2v) is 9.73. The second kappa shape index (κ2) is 14.1. The summed E-state index contributed by atoms with van der Waals surface area (Å²) >= 11 is 3.24. The van der Waals surface area contributed by atoms with Crippen LogP contribution in [0.1, 0.15) is 63.0 Å². The topological polar surface area (TPSA) is 147 Å². The predicted octanol–water partition coefficient (Wildman–Crippen LogP) is 2.65. The number of alkyl halides is 1. The molecule has 12 heteroatoms. The molecule has 0 bridgehead atoms. The maximum atomic E-state index is 13.1. The molecule has 4 unspecified atom stereocenters. The number of esters is 4. The van der Waals surface area contributed by atoms with Crippen LogP contribution in [0.25, 0.3) is 0 Å². The first-order valence-electron chi connectivity index (χ1n) is 12.1. The van der Waals surface area contributed by atoms with Crippen molar-refractivity contribution in [1.82, 2.24) is 10.3 Å². The van der Waals surface area contributed by atoms with Crippen molar-refractivity contribution >= 4 is 45.7 Å². The van der Waals surface area contributed by atoms with E-state index in [9.17, 15) is 24.0 Å². The van der Waals surface area contributed by atoms with Crippen molar-refractivity contribution in [2.24, 2.45) is 11.8 Å². The van der Waals surface area contributed by atoms with Gasteiger partial charge in [-0.3, -0.25) is 19.2 Å². The molecule has 0 radical (unpaired) electrons. The smallest absolute Gasteiger partial charge is 0.332 e. The first-order valence-corrected chi connectivity index (χ1v) is 13.2. The van der Waals surface area contributed by atoms with E-state index in [-0.39, 0.29) is 24.3 Å². The van der Waals surface area contributed by atoms with Crippen molar-refractivity contribution in [3.63, 3.8) is 0 Å². The third kappa shape index (κ3) is 8.24. The van der Waals surface area contributed by atoms with Crippen molar-refractivity contribution in [1.29, 1.82) is 0 Å². The summed E-state index contributed by atoms with van der Waals surface area (Å²) in [6.07, 6.45) is 0.255. The van der Waals surface area contributed by atoms with Crippen LogP contribution in [-0.4, -0.2) is 65.0 Å². The van der Waals surface area contributed by atoms with Gasteiger partial charge in [0.25, 0.3) is 5.91 Å². The average Bonchev–Trinajstić information content (AvgIpc) is 2.88. The van der Waals surface area contributed by atoms with Crippen molar-refractivity contribution in [2.75, 3.05) is 11.9 Å². The first-order chi connectivity index (χ1) is 17.5. The van der Waals surface area contributed by atoms with Gasteiger partial charge in [-0.15, -0.1) is 0 Å². The normalized spacial score (nSPS) is 22.1. The van der Waals surface area contributed by atoms with Gasteiger partial charge in [0.05, 0.1) is 11.8 Å². The fourth-order valence-corrected chi connectivity index (χ4v) is 3.80. The number of carbonyl (C=O) groups is 5. The summed E-state index contributed by atoms with van der Waals surface area (Å²) in [6.45, 7) is 7.65. The number of aryl methyl sites for hydroxylation is 1. The molecule has 1 aromatic rings. The lowest BCUT2D eigenvalue weighted by Crippen LogP contribution is -2.47. The summed E-state index contributed by atoms with van der Waals surface area (Å²) in [4.78, 5) is 67.3. The Labute approximate surface area is 224 Å². The van der Waals surface area contributed by atoms with Gasteiger partial charge in [-0.05, 0) is 38.3 Å². The Morgan fingerprint density at radius 1 is 1.24 bits per heavy atom. The largest absolute Gasteiger partial charge is 0.463 e. The molecule has 1 aliphatic heterocycles. The minimum atomic E-state index is -1.38. The summed E-state index contributed by atoms with van der Waals surface area (Å²) in [5.74, 6) is -4.86. The minimum absolute atomic E-state index is 0.0342. The van der Waals surface area contributed by atoms with Gasteiger partial charge >= 0.3 is 23.9 Å². The Balaban J connectivity index is 2.26. The Kier molecular flexibility index (Phi) is 11.5. The van der Waals surface area contributed by atoms with E-state index in [4.69, 9.17) is 18.9 Å². The number of hydrogen-bond donors (Lipinski definition) is 1. The molecule has 0 spiro atoms. The molecule has 1 amide bonds. The van der Waals surface area contributed by atoms with Crippen LogP contribution in [-0.2, 0) is 33.4 Å². The maximum absolute atomic E-state index is 13.1. The van der Waals surface area contributed by atoms with Crippen LogP contribution in [0.3, 0.4) is 0 Å². The third-order valence-corrected chi connectivity index (χ3v) is 6.22. The number of cyclic esters (lactones) is 2. The Morgan fingerprint density at radius 2 is 1.95 bits per heavy atom. The third-order valence-electron chi connectivity index (χ3n) is 5.66. The van der Waals surface area contributed by atoms with Gasteiger partial charge in [-0.2, -0.15) is 0 Å². The van der Waals surface area contributed by atoms with Crippen LogP contribution >= 0.6 is 15.9 Å². The van der Waals surface area contributed by atoms with Crippen LogP contribution in [0.4, 0.5) is 0 Å². The van der Waals surface area contributed by atoms with Gasteiger partial charge in [0.2, 0.25) is 0 Å². The van der Waals surface area contributed by atoms with Crippen LogP contribution < -0.4 is 10.1 Å². The predicted molar refractivity (Wildman–Crippen MR) is 134 cm³/mol. The second-order valence-electron chi connectivity index (χ2n) is 8.94. The number of nitrogens with zero attached hydrogens (tertiary/aromatic N) is 1. The van der Waals surface area contributed by atoms with Crippen molar-refractivity contribution in [3.8, 4) is 5.75 Å². The summed E-state index contributed by atoms with van der Waals surface area (Å²) < 4.78 is 21.7. The molecule has 1 aromatic heterocycles. The number of nitrogens with one attached hydrogen (secondary N) is 1. The van der Waals surface area contributed by atoms with E-state index >= 15 is 0 Å². The molecule has 204 valence electrons. The summed E-state index contributed by atoms with van der Waals surface area (Å²) in [5, 5.41) is 3.06. The number of carbonyl (C=O) groups excluding carboxylic acids is 5. The van der Waals surface area contributed by atoms with Crippen LogP contribution in [0.15, 0.2) is 12.3 Å². The molecule has 4 atom stereocenters. The lowest BCUT2D eigenvalue weighted by molar-refractivity contribution is -0.176. The molecule has 0 aromatic carbocycles. The molecule has 1 fully saturated rings. The first kappa shape index (κ1) is 30.2. The molecular formula is C25H33BrN2O9. The van der Waals surface area contributed by atoms with Gasteiger partial charge in [0.15, 0.2) is 23.6 Å². The number of ether oxygens (including phenoxy) is 4. The Bertz CT molecular complexity index is 1010. The van der Waals surface area contributed by atoms with E-state index in [0.717, 1.165) is 0 Å². The fraction of sp³-hybridized carbons (Fsp3) is 0.600. The van der Waals surface area contributed by atoms with Crippen molar-refractivity contribution in [3.05, 3.63) is 23.5 Å². The molecule has 2 heterocycles. The molecule has 1 N–H and O–H groups in total. The van der Waals surface area contributed by atoms with E-state index < -0.39 is 66.5 Å². The lowest BCUT2D eigenvalue weighted by Gasteiger charge is -2.29. The van der Waals surface area contributed by atoms with E-state index in [2.05, 4.69) is 26.2 Å². The zero-order valence-corrected chi connectivity index (χ0v) is 23.2. The van der Waals surface area contributed by atoms with Crippen molar-refractivity contribution < 1.29 is 42.9 Å². The van der Waals surface area contributed by atoms with E-state index in [0.29, 0.717) is 17.3 Å². The number of rotatable bonds is 9. The SMILES string of the molecule is CCC1C(=O)OCC(NC(=O)c2nccc(C)c2OC(=O)CCCBr)C(=O)OC(C)C1OC(=O)C(C)C. The number of halogens is 1. The van der Waals surface area contributed by atoms with E-state index in [1.165, 1.54) is 13.1 Å². The highest BCUT2D eigenvalue weighted by Crippen LogP contribution is 2.25. The van der Waals surface area contributed by atoms with Gasteiger partial charge in [0, 0.05) is 17.9 Å². The molecule has 1 aliphatic rings. The Hall–Kier alpha value is -3.02. The highest BCUT2D eigenvalue weighted by atomic mass is 79.9. The van der Waals surface area contributed by atoms with Gasteiger partial charge in [0.1, 0.15) is 12.7 Å². The fourth-order valence-electron chi connectivity index (χ4n) is 3.52. The number of amides is 1. The van der Waals surface area contributed by atoms with Gasteiger partial charge < -0.3 is 24.3 Å². The molecule has 11 nitrogen and oxygen atoms in total. The summed E-state index contributed by atoms with van der Waals surface area (Å²) in [6, 6.07) is 0.195. The minimum Gasteiger partial charge on any atom is -0.463 e. The van der Waals surface area contributed by atoms with Crippen LogP contribution in [0, 0.1) is 18.8 Å². The molecule has 37 heavy (non-hydrogen) atoms. The van der Waals surface area contributed by atoms with Gasteiger partial charge in [-0.25, -0.2) is 9.78 Å². The molecular weight excluding hydrogens is 552 g/mol. The van der Waals surface area contributed by atoms with E-state index in [1.807, 2.05) is 0 Å². The summed E-state index contributed by atoms with van der Waals surface area (Å²) in [7, 11) is 0. The quantitative estimate of drug-likeness (QED) is 0.261. The molecule has 1 saturated heterocycles. The highest BCUT2D eigenvalue weighted by molar-refractivity contribution is 9.09.